The number of hydrogen-bond acceptors (Lipinski definition) is 0. The number of rotatable bonds is 2. The van der Waals surface area contributed by atoms with E-state index >= 15 is 0 Å². The molecule has 0 saturated carbocycles. The van der Waals surface area contributed by atoms with E-state index in [4.69, 9.17) is 0 Å². The Labute approximate surface area is 103 Å². The van der Waals surface area contributed by atoms with Crippen molar-refractivity contribution in [1.82, 2.24) is 0 Å². The summed E-state index contributed by atoms with van der Waals surface area (Å²) < 4.78 is 41.2. The van der Waals surface area contributed by atoms with Crippen molar-refractivity contribution in [3.8, 4) is 0 Å². The summed E-state index contributed by atoms with van der Waals surface area (Å²) in [7, 11) is -6.00. The molecule has 2 aromatic rings. The molecule has 0 N–H and O–H groups in total. The normalized spacial score (nSPS) is 10.4. The van der Waals surface area contributed by atoms with Crippen LogP contribution in [-0.2, 0) is 6.54 Å². The highest BCUT2D eigenvalue weighted by molar-refractivity contribution is 6.50. The summed E-state index contributed by atoms with van der Waals surface area (Å²) in [5, 5.41) is 0. The van der Waals surface area contributed by atoms with Gasteiger partial charge in [-0.3, -0.25) is 0 Å². The fraction of sp³-hybridized carbons (Fsp3) is 0.0833. The van der Waals surface area contributed by atoms with E-state index < -0.39 is 7.25 Å². The summed E-state index contributed by atoms with van der Waals surface area (Å²) >= 11 is 0. The Morgan fingerprint density at radius 1 is 0.778 bits per heavy atom. The molecule has 1 nitrogen and oxygen atoms in total. The molecule has 0 aliphatic carbocycles. The summed E-state index contributed by atoms with van der Waals surface area (Å²) in [6, 6.07) is 16.6. The fourth-order valence-corrected chi connectivity index (χ4v) is 1.33. The van der Waals surface area contributed by atoms with E-state index in [2.05, 4.69) is 41.2 Å². The summed E-state index contributed by atoms with van der Waals surface area (Å²) in [5.74, 6) is 0. The maximum atomic E-state index is 9.75. The summed E-state index contributed by atoms with van der Waals surface area (Å²) in [5.41, 5.74) is 1.33. The van der Waals surface area contributed by atoms with Crippen molar-refractivity contribution < 1.29 is 21.8 Å². The van der Waals surface area contributed by atoms with Gasteiger partial charge in [-0.15, -0.1) is 0 Å². The van der Waals surface area contributed by atoms with E-state index in [0.717, 1.165) is 6.54 Å². The molecule has 96 valence electrons. The molecule has 0 amide bonds. The quantitative estimate of drug-likeness (QED) is 0.441. The van der Waals surface area contributed by atoms with E-state index in [1.54, 1.807) is 0 Å². The van der Waals surface area contributed by atoms with Gasteiger partial charge < -0.3 is 17.3 Å². The molecule has 0 atom stereocenters. The van der Waals surface area contributed by atoms with Crippen molar-refractivity contribution in [2.24, 2.45) is 0 Å². The summed E-state index contributed by atoms with van der Waals surface area (Å²) in [6.07, 6.45) is 4.15. The van der Waals surface area contributed by atoms with Gasteiger partial charge in [-0.25, -0.2) is 4.57 Å². The van der Waals surface area contributed by atoms with Crippen molar-refractivity contribution in [3.05, 3.63) is 66.5 Å². The number of halogens is 4. The first kappa shape index (κ1) is 14.2. The molecule has 0 radical (unpaired) electrons. The van der Waals surface area contributed by atoms with Crippen molar-refractivity contribution >= 4 is 7.25 Å². The number of nitrogens with zero attached hydrogens (tertiary/aromatic N) is 1. The van der Waals surface area contributed by atoms with Crippen LogP contribution in [0.25, 0.3) is 0 Å². The van der Waals surface area contributed by atoms with Gasteiger partial charge >= 0.3 is 7.25 Å². The molecule has 18 heavy (non-hydrogen) atoms. The third-order valence-electron chi connectivity index (χ3n) is 1.99. The molecule has 0 bridgehead atoms. The zero-order valence-electron chi connectivity index (χ0n) is 9.52. The van der Waals surface area contributed by atoms with Crippen LogP contribution in [0.15, 0.2) is 60.9 Å². The maximum Gasteiger partial charge on any atom is 0.673 e. The van der Waals surface area contributed by atoms with Crippen LogP contribution in [0, 0.1) is 0 Å². The van der Waals surface area contributed by atoms with E-state index in [1.165, 1.54) is 5.56 Å². The number of pyridine rings is 1. The molecule has 2 rings (SSSR count). The van der Waals surface area contributed by atoms with Crippen molar-refractivity contribution in [3.63, 3.8) is 0 Å². The monoisotopic (exact) mass is 257 g/mol. The summed E-state index contributed by atoms with van der Waals surface area (Å²) in [6.45, 7) is 0.946. The van der Waals surface area contributed by atoms with Crippen molar-refractivity contribution in [1.29, 1.82) is 0 Å². The highest BCUT2D eigenvalue weighted by Gasteiger charge is 2.20. The van der Waals surface area contributed by atoms with Gasteiger partial charge in [0.05, 0.1) is 0 Å². The van der Waals surface area contributed by atoms with Crippen LogP contribution in [0.2, 0.25) is 0 Å². The molecular weight excluding hydrogens is 245 g/mol. The van der Waals surface area contributed by atoms with Crippen LogP contribution in [0.4, 0.5) is 17.3 Å². The molecule has 0 saturated heterocycles. The fourth-order valence-electron chi connectivity index (χ4n) is 1.33. The molecule has 0 fully saturated rings. The predicted octanol–water partition coefficient (Wildman–Crippen LogP) is 3.32. The Morgan fingerprint density at radius 2 is 1.22 bits per heavy atom. The van der Waals surface area contributed by atoms with Gasteiger partial charge in [-0.2, -0.15) is 0 Å². The average Bonchev–Trinajstić information content (AvgIpc) is 2.29. The third kappa shape index (κ3) is 7.43. The Kier molecular flexibility index (Phi) is 5.36. The Hall–Kier alpha value is -1.85. The standard InChI is InChI=1S/C12H12N.BF4/c1-3-7-12(8-4-1)11-13-9-5-2-6-10-13;2-1(3,4)5/h1-10H,11H2;/q+1;-1. The largest absolute Gasteiger partial charge is 0.673 e. The zero-order valence-corrected chi connectivity index (χ0v) is 9.52. The Bertz CT molecular complexity index is 401. The van der Waals surface area contributed by atoms with Crippen molar-refractivity contribution in [2.75, 3.05) is 0 Å². The minimum Gasteiger partial charge on any atom is -0.418 e. The zero-order chi connectivity index (χ0) is 13.4. The number of aromatic nitrogens is 1. The number of hydrogen-bond donors (Lipinski definition) is 0. The van der Waals surface area contributed by atoms with Gasteiger partial charge in [0.1, 0.15) is 0 Å². The first-order valence-electron chi connectivity index (χ1n) is 5.30. The van der Waals surface area contributed by atoms with Gasteiger partial charge in [-0.1, -0.05) is 36.4 Å². The lowest BCUT2D eigenvalue weighted by Gasteiger charge is -1.95. The molecule has 0 aliphatic heterocycles. The first-order valence-corrected chi connectivity index (χ1v) is 5.30. The van der Waals surface area contributed by atoms with Gasteiger partial charge in [-0.05, 0) is 0 Å². The lowest BCUT2D eigenvalue weighted by molar-refractivity contribution is -0.688. The topological polar surface area (TPSA) is 3.88 Å². The molecule has 6 heteroatoms. The molecular formula is C12H12BF4N. The van der Waals surface area contributed by atoms with E-state index in [1.807, 2.05) is 24.3 Å². The maximum absolute atomic E-state index is 9.75. The van der Waals surface area contributed by atoms with E-state index in [-0.39, 0.29) is 0 Å². The van der Waals surface area contributed by atoms with Gasteiger partial charge in [0.2, 0.25) is 0 Å². The molecule has 1 aromatic carbocycles. The minimum absolute atomic E-state index is 0.946. The van der Waals surface area contributed by atoms with Gasteiger partial charge in [0.25, 0.3) is 0 Å². The molecule has 1 aromatic heterocycles. The third-order valence-corrected chi connectivity index (χ3v) is 1.99. The molecule has 0 unspecified atom stereocenters. The molecule has 0 aliphatic rings. The second kappa shape index (κ2) is 6.78. The highest BCUT2D eigenvalue weighted by Crippen LogP contribution is 2.06. The van der Waals surface area contributed by atoms with Crippen LogP contribution < -0.4 is 4.57 Å². The van der Waals surface area contributed by atoms with Crippen LogP contribution >= 0.6 is 0 Å². The van der Waals surface area contributed by atoms with Crippen LogP contribution in [0.1, 0.15) is 5.56 Å². The van der Waals surface area contributed by atoms with E-state index in [9.17, 15) is 17.3 Å². The van der Waals surface area contributed by atoms with E-state index in [0.29, 0.717) is 0 Å². The number of benzene rings is 1. The second-order valence-electron chi connectivity index (χ2n) is 3.53. The molecule has 1 heterocycles. The van der Waals surface area contributed by atoms with Crippen LogP contribution in [0.3, 0.4) is 0 Å². The van der Waals surface area contributed by atoms with Gasteiger partial charge in [0.15, 0.2) is 18.9 Å². The smallest absolute Gasteiger partial charge is 0.418 e. The summed E-state index contributed by atoms with van der Waals surface area (Å²) in [4.78, 5) is 0. The average molecular weight is 257 g/mol. The van der Waals surface area contributed by atoms with Crippen LogP contribution in [0.5, 0.6) is 0 Å². The lowest BCUT2D eigenvalue weighted by atomic mass is 10.2. The second-order valence-corrected chi connectivity index (χ2v) is 3.53. The lowest BCUT2D eigenvalue weighted by Crippen LogP contribution is -2.32. The minimum atomic E-state index is -6.00. The van der Waals surface area contributed by atoms with Crippen LogP contribution in [-0.4, -0.2) is 7.25 Å². The first-order chi connectivity index (χ1) is 8.45. The predicted molar refractivity (Wildman–Crippen MR) is 62.4 cm³/mol. The Morgan fingerprint density at radius 3 is 1.72 bits per heavy atom. The Balaban J connectivity index is 0.000000280. The SMILES string of the molecule is F[B-](F)(F)F.c1ccc(C[n+]2ccccc2)cc1. The van der Waals surface area contributed by atoms with Gasteiger partial charge in [0, 0.05) is 17.7 Å². The highest BCUT2D eigenvalue weighted by atomic mass is 19.5. The van der Waals surface area contributed by atoms with Crippen molar-refractivity contribution in [2.45, 2.75) is 6.54 Å². The molecule has 0 spiro atoms.